The van der Waals surface area contributed by atoms with E-state index in [2.05, 4.69) is 10.3 Å². The van der Waals surface area contributed by atoms with E-state index in [1.165, 1.54) is 0 Å². The third-order valence-corrected chi connectivity index (χ3v) is 4.04. The van der Waals surface area contributed by atoms with Crippen LogP contribution in [0.4, 0.5) is 5.69 Å². The van der Waals surface area contributed by atoms with Crippen molar-refractivity contribution >= 4 is 22.9 Å². The van der Waals surface area contributed by atoms with Gasteiger partial charge in [0.15, 0.2) is 0 Å². The topological polar surface area (TPSA) is 68.0 Å². The largest absolute Gasteiger partial charge is 0.399 e. The number of nitrogens with zero attached hydrogens (tertiary/aromatic N) is 1. The van der Waals surface area contributed by atoms with E-state index in [1.54, 1.807) is 35.6 Å². The average molecular weight is 275 g/mol. The molecule has 0 fully saturated rings. The fourth-order valence-corrected chi connectivity index (χ4v) is 2.56. The minimum absolute atomic E-state index is 0.127. The summed E-state index contributed by atoms with van der Waals surface area (Å²) in [6.07, 6.45) is 0. The van der Waals surface area contributed by atoms with Crippen LogP contribution in [-0.2, 0) is 5.54 Å². The van der Waals surface area contributed by atoms with E-state index in [1.807, 2.05) is 26.2 Å². The maximum Gasteiger partial charge on any atom is 0.252 e. The highest BCUT2D eigenvalue weighted by atomic mass is 32.1. The molecule has 4 nitrogen and oxygen atoms in total. The van der Waals surface area contributed by atoms with Gasteiger partial charge in [-0.3, -0.25) is 4.79 Å². The summed E-state index contributed by atoms with van der Waals surface area (Å²) in [5.74, 6) is -0.127. The van der Waals surface area contributed by atoms with E-state index >= 15 is 0 Å². The van der Waals surface area contributed by atoms with Crippen molar-refractivity contribution in [2.24, 2.45) is 0 Å². The first-order chi connectivity index (χ1) is 8.88. The van der Waals surface area contributed by atoms with Crippen molar-refractivity contribution < 1.29 is 4.79 Å². The summed E-state index contributed by atoms with van der Waals surface area (Å²) in [6.45, 7) is 5.83. The Kier molecular flexibility index (Phi) is 3.57. The molecule has 3 N–H and O–H groups in total. The first kappa shape index (κ1) is 13.5. The Balaban J connectivity index is 2.16. The number of carbonyl (C=O) groups is 1. The van der Waals surface area contributed by atoms with Crippen LogP contribution in [0.2, 0.25) is 0 Å². The molecule has 2 rings (SSSR count). The number of aromatic nitrogens is 1. The molecule has 0 unspecified atom stereocenters. The predicted molar refractivity (Wildman–Crippen MR) is 78.2 cm³/mol. The molecule has 0 atom stereocenters. The van der Waals surface area contributed by atoms with Crippen LogP contribution in [0, 0.1) is 6.92 Å². The summed E-state index contributed by atoms with van der Waals surface area (Å²) in [5.41, 5.74) is 7.32. The number of hydrogen-bond acceptors (Lipinski definition) is 4. The zero-order valence-electron chi connectivity index (χ0n) is 11.2. The van der Waals surface area contributed by atoms with Crippen molar-refractivity contribution in [2.75, 3.05) is 5.73 Å². The lowest BCUT2D eigenvalue weighted by atomic mass is 10.1. The summed E-state index contributed by atoms with van der Waals surface area (Å²) >= 11 is 1.55. The molecule has 0 radical (unpaired) electrons. The highest BCUT2D eigenvalue weighted by Gasteiger charge is 2.26. The van der Waals surface area contributed by atoms with Crippen LogP contribution in [0.3, 0.4) is 0 Å². The Morgan fingerprint density at radius 2 is 1.95 bits per heavy atom. The van der Waals surface area contributed by atoms with Crippen LogP contribution in [0.15, 0.2) is 29.6 Å². The third-order valence-electron chi connectivity index (χ3n) is 2.75. The molecule has 19 heavy (non-hydrogen) atoms. The van der Waals surface area contributed by atoms with Crippen LogP contribution < -0.4 is 11.1 Å². The van der Waals surface area contributed by atoms with Crippen molar-refractivity contribution in [1.82, 2.24) is 10.3 Å². The predicted octanol–water partition coefficient (Wildman–Crippen LogP) is 2.70. The zero-order chi connectivity index (χ0) is 14.0. The zero-order valence-corrected chi connectivity index (χ0v) is 12.0. The summed E-state index contributed by atoms with van der Waals surface area (Å²) < 4.78 is 0. The molecule has 1 heterocycles. The van der Waals surface area contributed by atoms with Gasteiger partial charge >= 0.3 is 0 Å². The highest BCUT2D eigenvalue weighted by Crippen LogP contribution is 2.24. The minimum Gasteiger partial charge on any atom is -0.399 e. The van der Waals surface area contributed by atoms with Gasteiger partial charge in [0, 0.05) is 22.3 Å². The first-order valence-electron chi connectivity index (χ1n) is 5.99. The maximum absolute atomic E-state index is 12.2. The Labute approximate surface area is 116 Å². The summed E-state index contributed by atoms with van der Waals surface area (Å²) in [7, 11) is 0. The lowest BCUT2D eigenvalue weighted by Crippen LogP contribution is -2.40. The lowest BCUT2D eigenvalue weighted by molar-refractivity contribution is 0.0912. The molecule has 100 valence electrons. The molecule has 0 aliphatic heterocycles. The van der Waals surface area contributed by atoms with Crippen LogP contribution in [0.5, 0.6) is 0 Å². The average Bonchev–Trinajstić information content (AvgIpc) is 2.77. The number of anilines is 1. The number of hydrogen-bond donors (Lipinski definition) is 2. The number of nitrogens with one attached hydrogen (secondary N) is 1. The van der Waals surface area contributed by atoms with Crippen LogP contribution in [-0.4, -0.2) is 10.9 Å². The third kappa shape index (κ3) is 3.12. The van der Waals surface area contributed by atoms with Crippen LogP contribution in [0.25, 0.3) is 0 Å². The number of thiazole rings is 1. The van der Waals surface area contributed by atoms with E-state index in [0.29, 0.717) is 11.3 Å². The standard InChI is InChI=1S/C14H17N3OS/c1-9-8-19-13(16-9)14(2,3)17-12(18)10-4-6-11(15)7-5-10/h4-8H,15H2,1-3H3,(H,17,18). The molecular formula is C14H17N3OS. The van der Waals surface area contributed by atoms with Crippen LogP contribution in [0.1, 0.15) is 34.9 Å². The van der Waals surface area contributed by atoms with Gasteiger partial charge in [0.25, 0.3) is 5.91 Å². The molecule has 0 saturated carbocycles. The minimum atomic E-state index is -0.489. The molecule has 0 aliphatic rings. The molecule has 0 aliphatic carbocycles. The number of benzene rings is 1. The number of rotatable bonds is 3. The fourth-order valence-electron chi connectivity index (χ4n) is 1.68. The Morgan fingerprint density at radius 3 is 2.47 bits per heavy atom. The van der Waals surface area contributed by atoms with E-state index in [4.69, 9.17) is 5.73 Å². The molecule has 5 heteroatoms. The van der Waals surface area contributed by atoms with Gasteiger partial charge in [-0.25, -0.2) is 4.98 Å². The van der Waals surface area contributed by atoms with Gasteiger partial charge in [0.05, 0.1) is 5.54 Å². The molecular weight excluding hydrogens is 258 g/mol. The Bertz CT molecular complexity index is 587. The SMILES string of the molecule is Cc1csc(C(C)(C)NC(=O)c2ccc(N)cc2)n1. The van der Waals surface area contributed by atoms with Gasteiger partial charge in [0.2, 0.25) is 0 Å². The number of nitrogens with two attached hydrogens (primary N) is 1. The van der Waals surface area contributed by atoms with Crippen molar-refractivity contribution in [3.05, 3.63) is 45.9 Å². The van der Waals surface area contributed by atoms with Crippen molar-refractivity contribution in [3.8, 4) is 0 Å². The quantitative estimate of drug-likeness (QED) is 0.846. The van der Waals surface area contributed by atoms with Gasteiger partial charge in [-0.15, -0.1) is 11.3 Å². The second-order valence-corrected chi connectivity index (χ2v) is 5.85. The monoisotopic (exact) mass is 275 g/mol. The molecule has 0 saturated heterocycles. The second-order valence-electron chi connectivity index (χ2n) is 5.00. The highest BCUT2D eigenvalue weighted by molar-refractivity contribution is 7.09. The molecule has 1 aromatic carbocycles. The van der Waals surface area contributed by atoms with E-state index < -0.39 is 5.54 Å². The van der Waals surface area contributed by atoms with E-state index in [9.17, 15) is 4.79 Å². The van der Waals surface area contributed by atoms with E-state index in [0.717, 1.165) is 10.7 Å². The normalized spacial score (nSPS) is 11.3. The Morgan fingerprint density at radius 1 is 1.32 bits per heavy atom. The fraction of sp³-hybridized carbons (Fsp3) is 0.286. The maximum atomic E-state index is 12.2. The Hall–Kier alpha value is -1.88. The lowest BCUT2D eigenvalue weighted by Gasteiger charge is -2.23. The van der Waals surface area contributed by atoms with Crippen molar-refractivity contribution in [2.45, 2.75) is 26.3 Å². The van der Waals surface area contributed by atoms with Crippen molar-refractivity contribution in [1.29, 1.82) is 0 Å². The number of nitrogen functional groups attached to an aromatic ring is 1. The van der Waals surface area contributed by atoms with Crippen LogP contribution >= 0.6 is 11.3 Å². The van der Waals surface area contributed by atoms with Gasteiger partial charge in [-0.1, -0.05) is 0 Å². The molecule has 1 amide bonds. The van der Waals surface area contributed by atoms with Crippen molar-refractivity contribution in [3.63, 3.8) is 0 Å². The number of amides is 1. The number of aryl methyl sites for hydroxylation is 1. The van der Waals surface area contributed by atoms with Gasteiger partial charge in [-0.05, 0) is 45.0 Å². The number of carbonyl (C=O) groups excluding carboxylic acids is 1. The van der Waals surface area contributed by atoms with Gasteiger partial charge < -0.3 is 11.1 Å². The summed E-state index contributed by atoms with van der Waals surface area (Å²) in [6, 6.07) is 6.87. The molecule has 1 aromatic heterocycles. The molecule has 2 aromatic rings. The van der Waals surface area contributed by atoms with E-state index in [-0.39, 0.29) is 5.91 Å². The van der Waals surface area contributed by atoms with Gasteiger partial charge in [0.1, 0.15) is 5.01 Å². The second kappa shape index (κ2) is 5.01. The summed E-state index contributed by atoms with van der Waals surface area (Å²) in [5, 5.41) is 5.87. The van der Waals surface area contributed by atoms with Gasteiger partial charge in [-0.2, -0.15) is 0 Å². The molecule has 0 bridgehead atoms. The summed E-state index contributed by atoms with van der Waals surface area (Å²) in [4.78, 5) is 16.6. The molecule has 0 spiro atoms. The smallest absolute Gasteiger partial charge is 0.252 e. The first-order valence-corrected chi connectivity index (χ1v) is 6.87.